The van der Waals surface area contributed by atoms with Gasteiger partial charge in [-0.3, -0.25) is 4.79 Å². The molecule has 4 nitrogen and oxygen atoms in total. The predicted octanol–water partition coefficient (Wildman–Crippen LogP) is -0.443. The van der Waals surface area contributed by atoms with Gasteiger partial charge in [0.25, 0.3) is 0 Å². The van der Waals surface area contributed by atoms with E-state index in [1.165, 1.54) is 7.11 Å². The fraction of sp³-hybridized carbons (Fsp3) is 0.900. The Hall–Kier alpha value is -0.610. The largest absolute Gasteiger partial charge is 0.469 e. The Labute approximate surface area is 84.6 Å². The highest BCUT2D eigenvalue weighted by Crippen LogP contribution is 2.31. The van der Waals surface area contributed by atoms with Crippen LogP contribution in [0.1, 0.15) is 0 Å². The minimum atomic E-state index is -0.0189. The maximum absolute atomic E-state index is 11.6. The third-order valence-corrected chi connectivity index (χ3v) is 3.39. The number of hydrogen-bond donors (Lipinski definition) is 1. The first-order valence-electron chi connectivity index (χ1n) is 5.19. The van der Waals surface area contributed by atoms with Gasteiger partial charge < -0.3 is 15.0 Å². The number of carbonyl (C=O) groups excluding carboxylic acids is 1. The van der Waals surface area contributed by atoms with Gasteiger partial charge in [0.15, 0.2) is 0 Å². The zero-order valence-electron chi connectivity index (χ0n) is 8.82. The zero-order chi connectivity index (χ0) is 10.1. The van der Waals surface area contributed by atoms with Gasteiger partial charge in [0, 0.05) is 26.2 Å². The molecule has 80 valence electrons. The minimum Gasteiger partial charge on any atom is -0.469 e. The molecule has 0 aromatic carbocycles. The number of esters is 1. The summed E-state index contributed by atoms with van der Waals surface area (Å²) in [4.78, 5) is 13.9. The number of hydrogen-bond acceptors (Lipinski definition) is 4. The van der Waals surface area contributed by atoms with Crippen molar-refractivity contribution in [2.75, 3.05) is 40.3 Å². The Balaban J connectivity index is 2.12. The second-order valence-electron chi connectivity index (χ2n) is 4.45. The van der Waals surface area contributed by atoms with E-state index in [0.29, 0.717) is 11.8 Å². The number of likely N-dealkylation sites (tertiary alicyclic amines) is 1. The molecule has 0 aromatic heterocycles. The topological polar surface area (TPSA) is 41.6 Å². The van der Waals surface area contributed by atoms with Gasteiger partial charge in [-0.25, -0.2) is 0 Å². The van der Waals surface area contributed by atoms with Crippen LogP contribution >= 0.6 is 0 Å². The van der Waals surface area contributed by atoms with E-state index in [0.717, 1.165) is 26.2 Å². The second-order valence-corrected chi connectivity index (χ2v) is 4.45. The average Bonchev–Trinajstić information content (AvgIpc) is 2.15. The number of methoxy groups -OCH3 is 1. The lowest BCUT2D eigenvalue weighted by Gasteiger charge is -2.44. The third kappa shape index (κ3) is 1.64. The summed E-state index contributed by atoms with van der Waals surface area (Å²) in [5.41, 5.74) is 0. The molecule has 0 aliphatic carbocycles. The maximum Gasteiger partial charge on any atom is 0.309 e. The normalized spacial score (nSPS) is 38.0. The summed E-state index contributed by atoms with van der Waals surface area (Å²) in [7, 11) is 3.61. The molecule has 0 radical (unpaired) electrons. The van der Waals surface area contributed by atoms with E-state index in [9.17, 15) is 4.79 Å². The molecule has 2 fully saturated rings. The second kappa shape index (κ2) is 3.87. The van der Waals surface area contributed by atoms with Crippen molar-refractivity contribution in [2.45, 2.75) is 0 Å². The van der Waals surface area contributed by atoms with Crippen LogP contribution < -0.4 is 5.32 Å². The number of piperidine rings is 2. The van der Waals surface area contributed by atoms with Gasteiger partial charge in [-0.05, 0) is 18.9 Å². The van der Waals surface area contributed by atoms with Gasteiger partial charge in [0.05, 0.1) is 13.0 Å². The molecule has 2 aliphatic heterocycles. The molecular weight excluding hydrogens is 180 g/mol. The summed E-state index contributed by atoms with van der Waals surface area (Å²) < 4.78 is 4.88. The molecule has 2 rings (SSSR count). The van der Waals surface area contributed by atoms with Crippen molar-refractivity contribution in [1.29, 1.82) is 0 Å². The van der Waals surface area contributed by atoms with E-state index in [2.05, 4.69) is 17.3 Å². The van der Waals surface area contributed by atoms with E-state index < -0.39 is 0 Å². The molecule has 2 aliphatic rings. The molecule has 2 atom stereocenters. The Bertz CT molecular complexity index is 218. The molecule has 0 saturated carbocycles. The Kier molecular flexibility index (Phi) is 2.74. The molecular formula is C10H18N2O2. The molecule has 2 bridgehead atoms. The number of nitrogens with zero attached hydrogens (tertiary/aromatic N) is 1. The smallest absolute Gasteiger partial charge is 0.309 e. The van der Waals surface area contributed by atoms with Crippen LogP contribution in [0.3, 0.4) is 0 Å². The zero-order valence-corrected chi connectivity index (χ0v) is 8.82. The van der Waals surface area contributed by atoms with Crippen LogP contribution in [0, 0.1) is 17.8 Å². The van der Waals surface area contributed by atoms with E-state index in [1.54, 1.807) is 0 Å². The van der Waals surface area contributed by atoms with Crippen molar-refractivity contribution in [1.82, 2.24) is 10.2 Å². The van der Waals surface area contributed by atoms with Crippen LogP contribution in [0.2, 0.25) is 0 Å². The van der Waals surface area contributed by atoms with E-state index in [1.807, 2.05) is 0 Å². The Morgan fingerprint density at radius 3 is 2.43 bits per heavy atom. The van der Waals surface area contributed by atoms with Gasteiger partial charge in [-0.1, -0.05) is 0 Å². The molecule has 2 unspecified atom stereocenters. The van der Waals surface area contributed by atoms with Crippen molar-refractivity contribution >= 4 is 5.97 Å². The van der Waals surface area contributed by atoms with Crippen LogP contribution in [0.25, 0.3) is 0 Å². The van der Waals surface area contributed by atoms with Gasteiger partial charge in [0.2, 0.25) is 0 Å². The first-order chi connectivity index (χ1) is 6.72. The van der Waals surface area contributed by atoms with Gasteiger partial charge >= 0.3 is 5.97 Å². The van der Waals surface area contributed by atoms with Gasteiger partial charge in [0.1, 0.15) is 0 Å². The Morgan fingerprint density at radius 1 is 1.36 bits per heavy atom. The monoisotopic (exact) mass is 198 g/mol. The average molecular weight is 198 g/mol. The quantitative estimate of drug-likeness (QED) is 0.580. The molecule has 4 heteroatoms. The summed E-state index contributed by atoms with van der Waals surface area (Å²) in [5.74, 6) is 0.965. The Morgan fingerprint density at radius 2 is 1.93 bits per heavy atom. The van der Waals surface area contributed by atoms with Gasteiger partial charge in [-0.15, -0.1) is 0 Å². The summed E-state index contributed by atoms with van der Waals surface area (Å²) in [6, 6.07) is 0. The third-order valence-electron chi connectivity index (χ3n) is 3.39. The van der Waals surface area contributed by atoms with Crippen LogP contribution in [0.15, 0.2) is 0 Å². The molecule has 2 saturated heterocycles. The highest BCUT2D eigenvalue weighted by atomic mass is 16.5. The van der Waals surface area contributed by atoms with E-state index >= 15 is 0 Å². The fourth-order valence-electron chi connectivity index (χ4n) is 2.85. The SMILES string of the molecule is COC(=O)C1C2CNCC1CN(C)C2. The molecule has 14 heavy (non-hydrogen) atoms. The van der Waals surface area contributed by atoms with Crippen molar-refractivity contribution in [2.24, 2.45) is 17.8 Å². The molecule has 2 heterocycles. The standard InChI is InChI=1S/C10H18N2O2/c1-12-5-7-3-11-4-8(6-12)9(7)10(13)14-2/h7-9,11H,3-6H2,1-2H3. The van der Waals surface area contributed by atoms with Crippen molar-refractivity contribution in [3.05, 3.63) is 0 Å². The lowest BCUT2D eigenvalue weighted by atomic mass is 9.75. The minimum absolute atomic E-state index is 0.0189. The lowest BCUT2D eigenvalue weighted by Crippen LogP contribution is -2.57. The first-order valence-corrected chi connectivity index (χ1v) is 5.19. The van der Waals surface area contributed by atoms with Crippen molar-refractivity contribution in [3.8, 4) is 0 Å². The van der Waals surface area contributed by atoms with Crippen LogP contribution in [-0.2, 0) is 9.53 Å². The first kappa shape index (κ1) is 9.93. The summed E-state index contributed by atoms with van der Waals surface area (Å²) >= 11 is 0. The van der Waals surface area contributed by atoms with Gasteiger partial charge in [-0.2, -0.15) is 0 Å². The molecule has 0 amide bonds. The van der Waals surface area contributed by atoms with Crippen LogP contribution in [0.5, 0.6) is 0 Å². The summed E-state index contributed by atoms with van der Waals surface area (Å²) in [5, 5.41) is 3.38. The number of carbonyl (C=O) groups is 1. The van der Waals surface area contributed by atoms with Crippen LogP contribution in [0.4, 0.5) is 0 Å². The molecule has 0 aromatic rings. The summed E-state index contributed by atoms with van der Waals surface area (Å²) in [6.07, 6.45) is 0. The predicted molar refractivity (Wildman–Crippen MR) is 52.9 cm³/mol. The van der Waals surface area contributed by atoms with Crippen molar-refractivity contribution < 1.29 is 9.53 Å². The number of fused-ring (bicyclic) bond motifs is 2. The van der Waals surface area contributed by atoms with Crippen molar-refractivity contribution in [3.63, 3.8) is 0 Å². The fourth-order valence-corrected chi connectivity index (χ4v) is 2.85. The number of rotatable bonds is 1. The van der Waals surface area contributed by atoms with E-state index in [4.69, 9.17) is 4.74 Å². The summed E-state index contributed by atoms with van der Waals surface area (Å²) in [6.45, 7) is 3.90. The van der Waals surface area contributed by atoms with Crippen LogP contribution in [-0.4, -0.2) is 51.2 Å². The molecule has 1 N–H and O–H groups in total. The number of ether oxygens (including phenoxy) is 1. The molecule has 0 spiro atoms. The van der Waals surface area contributed by atoms with E-state index in [-0.39, 0.29) is 11.9 Å². The lowest BCUT2D eigenvalue weighted by molar-refractivity contribution is -0.153. The number of nitrogens with one attached hydrogen (secondary N) is 1. The maximum atomic E-state index is 11.6. The highest BCUT2D eigenvalue weighted by Gasteiger charge is 2.43. The highest BCUT2D eigenvalue weighted by molar-refractivity contribution is 5.73.